The van der Waals surface area contributed by atoms with Gasteiger partial charge in [-0.2, -0.15) is 0 Å². The minimum atomic E-state index is 0.431. The van der Waals surface area contributed by atoms with Crippen LogP contribution in [0.4, 0.5) is 0 Å². The first-order valence-electron chi connectivity index (χ1n) is 4.49. The normalized spacial score (nSPS) is 10.6. The van der Waals surface area contributed by atoms with Crippen molar-refractivity contribution in [1.82, 2.24) is 19.9 Å². The van der Waals surface area contributed by atoms with Crippen LogP contribution in [0.3, 0.4) is 0 Å². The van der Waals surface area contributed by atoms with Crippen LogP contribution < -0.4 is 0 Å². The van der Waals surface area contributed by atoms with Crippen molar-refractivity contribution >= 4 is 28.1 Å². The molecule has 2 aromatic rings. The summed E-state index contributed by atoms with van der Waals surface area (Å²) in [5.74, 6) is 1.25. The van der Waals surface area contributed by atoms with Crippen molar-refractivity contribution in [3.8, 4) is 11.6 Å². The zero-order valence-corrected chi connectivity index (χ0v) is 10.9. The minimum Gasteiger partial charge on any atom is -0.378 e. The molecule has 7 heteroatoms. The van der Waals surface area contributed by atoms with Gasteiger partial charge in [0, 0.05) is 19.5 Å². The molecule has 5 nitrogen and oxygen atoms in total. The van der Waals surface area contributed by atoms with Gasteiger partial charge in [-0.25, -0.2) is 9.97 Å². The van der Waals surface area contributed by atoms with Crippen molar-refractivity contribution in [3.05, 3.63) is 27.2 Å². The van der Waals surface area contributed by atoms with Gasteiger partial charge in [0.05, 0.1) is 16.8 Å². The summed E-state index contributed by atoms with van der Waals surface area (Å²) in [6.07, 6.45) is 3.39. The van der Waals surface area contributed by atoms with E-state index in [1.54, 1.807) is 19.5 Å². The average Bonchev–Trinajstić information content (AvgIpc) is 2.78. The molecule has 0 unspecified atom stereocenters. The maximum absolute atomic E-state index is 5.14. The smallest absolute Gasteiger partial charge is 0.175 e. The van der Waals surface area contributed by atoms with E-state index in [2.05, 4.69) is 35.9 Å². The predicted octanol–water partition coefficient (Wildman–Crippen LogP) is 2.44. The van der Waals surface area contributed by atoms with Crippen molar-refractivity contribution in [2.45, 2.75) is 6.61 Å². The number of ether oxygens (including phenoxy) is 1. The molecule has 0 fully saturated rings. The molecular formula is C9H9BrN4OS. The number of aromatic nitrogens is 4. The molecule has 2 heterocycles. The lowest BCUT2D eigenvalue weighted by atomic mass is 10.4. The highest BCUT2D eigenvalue weighted by molar-refractivity contribution is 9.10. The quantitative estimate of drug-likeness (QED) is 0.855. The molecule has 2 rings (SSSR count). The van der Waals surface area contributed by atoms with E-state index in [-0.39, 0.29) is 0 Å². The third-order valence-corrected chi connectivity index (χ3v) is 3.36. The Morgan fingerprint density at radius 3 is 2.94 bits per heavy atom. The monoisotopic (exact) mass is 300 g/mol. The van der Waals surface area contributed by atoms with Gasteiger partial charge in [-0.1, -0.05) is 12.2 Å². The van der Waals surface area contributed by atoms with Crippen LogP contribution >= 0.6 is 28.1 Å². The second kappa shape index (κ2) is 4.86. The molecule has 0 radical (unpaired) electrons. The molecule has 16 heavy (non-hydrogen) atoms. The van der Waals surface area contributed by atoms with Gasteiger partial charge in [0.1, 0.15) is 4.64 Å². The van der Waals surface area contributed by atoms with Crippen molar-refractivity contribution in [1.29, 1.82) is 0 Å². The topological polar surface area (TPSA) is 66.6 Å². The summed E-state index contributed by atoms with van der Waals surface area (Å²) >= 11 is 8.51. The van der Waals surface area contributed by atoms with Gasteiger partial charge in [0.2, 0.25) is 0 Å². The third-order valence-electron chi connectivity index (χ3n) is 1.95. The number of nitrogens with one attached hydrogen (secondary N) is 2. The van der Waals surface area contributed by atoms with Crippen LogP contribution in [0, 0.1) is 4.64 Å². The SMILES string of the molecule is COCc1[nH]c(-c2ncc[nH]2)nc(=S)c1Br. The molecule has 0 saturated carbocycles. The summed E-state index contributed by atoms with van der Waals surface area (Å²) in [4.78, 5) is 14.4. The summed E-state index contributed by atoms with van der Waals surface area (Å²) in [6.45, 7) is 0.431. The summed E-state index contributed by atoms with van der Waals surface area (Å²) in [6, 6.07) is 0. The summed E-state index contributed by atoms with van der Waals surface area (Å²) in [5, 5.41) is 0. The van der Waals surface area contributed by atoms with Gasteiger partial charge in [-0.15, -0.1) is 0 Å². The van der Waals surface area contributed by atoms with Crippen molar-refractivity contribution in [2.24, 2.45) is 0 Å². The van der Waals surface area contributed by atoms with E-state index in [1.807, 2.05) is 0 Å². The first kappa shape index (κ1) is 11.4. The first-order valence-corrected chi connectivity index (χ1v) is 5.70. The average molecular weight is 301 g/mol. The number of hydrogen-bond acceptors (Lipinski definition) is 4. The molecular weight excluding hydrogens is 292 g/mol. The Balaban J connectivity index is 2.53. The van der Waals surface area contributed by atoms with Crippen molar-refractivity contribution in [3.63, 3.8) is 0 Å². The van der Waals surface area contributed by atoms with Crippen molar-refractivity contribution in [2.75, 3.05) is 7.11 Å². The van der Waals surface area contributed by atoms with Gasteiger partial charge >= 0.3 is 0 Å². The molecule has 0 bridgehead atoms. The zero-order valence-electron chi connectivity index (χ0n) is 8.45. The number of imidazole rings is 1. The van der Waals surface area contributed by atoms with Crippen LogP contribution in [0.1, 0.15) is 5.69 Å². The molecule has 0 aromatic carbocycles. The van der Waals surface area contributed by atoms with E-state index in [9.17, 15) is 0 Å². The highest BCUT2D eigenvalue weighted by Gasteiger charge is 2.08. The maximum Gasteiger partial charge on any atom is 0.175 e. The second-order valence-electron chi connectivity index (χ2n) is 3.05. The molecule has 0 atom stereocenters. The molecule has 0 spiro atoms. The summed E-state index contributed by atoms with van der Waals surface area (Å²) < 4.78 is 6.30. The molecule has 0 aliphatic rings. The molecule has 2 aromatic heterocycles. The Bertz CT molecular complexity index is 537. The fourth-order valence-electron chi connectivity index (χ4n) is 1.26. The van der Waals surface area contributed by atoms with Crippen LogP contribution in [-0.2, 0) is 11.3 Å². The third kappa shape index (κ3) is 2.21. The van der Waals surface area contributed by atoms with E-state index >= 15 is 0 Å². The molecule has 2 N–H and O–H groups in total. The number of methoxy groups -OCH3 is 1. The van der Waals surface area contributed by atoms with Crippen LogP contribution in [0.5, 0.6) is 0 Å². The number of H-pyrrole nitrogens is 2. The zero-order chi connectivity index (χ0) is 11.5. The molecule has 0 aliphatic heterocycles. The largest absolute Gasteiger partial charge is 0.378 e. The first-order chi connectivity index (χ1) is 7.72. The lowest BCUT2D eigenvalue weighted by Gasteiger charge is -2.05. The Morgan fingerprint density at radius 1 is 1.50 bits per heavy atom. The van der Waals surface area contributed by atoms with Gasteiger partial charge in [0.25, 0.3) is 0 Å². The van der Waals surface area contributed by atoms with E-state index < -0.39 is 0 Å². The fraction of sp³-hybridized carbons (Fsp3) is 0.222. The van der Waals surface area contributed by atoms with Gasteiger partial charge in [0.15, 0.2) is 11.6 Å². The number of halogens is 1. The summed E-state index contributed by atoms with van der Waals surface area (Å²) in [7, 11) is 1.62. The summed E-state index contributed by atoms with van der Waals surface area (Å²) in [5.41, 5.74) is 0.842. The highest BCUT2D eigenvalue weighted by atomic mass is 79.9. The lowest BCUT2D eigenvalue weighted by molar-refractivity contribution is 0.181. The number of rotatable bonds is 3. The van der Waals surface area contributed by atoms with Crippen molar-refractivity contribution < 1.29 is 4.74 Å². The van der Waals surface area contributed by atoms with E-state index in [0.29, 0.717) is 22.9 Å². The Morgan fingerprint density at radius 2 is 2.31 bits per heavy atom. The van der Waals surface area contributed by atoms with Gasteiger partial charge < -0.3 is 14.7 Å². The molecule has 0 saturated heterocycles. The number of hydrogen-bond donors (Lipinski definition) is 2. The van der Waals surface area contributed by atoms with E-state index in [1.165, 1.54) is 0 Å². The number of aromatic amines is 2. The maximum atomic E-state index is 5.14. The number of nitrogens with zero attached hydrogens (tertiary/aromatic N) is 2. The molecule has 0 amide bonds. The van der Waals surface area contributed by atoms with E-state index in [4.69, 9.17) is 17.0 Å². The Labute approximate surface area is 105 Å². The van der Waals surface area contributed by atoms with Gasteiger partial charge in [-0.05, 0) is 15.9 Å². The van der Waals surface area contributed by atoms with Crippen LogP contribution in [0.25, 0.3) is 11.6 Å². The van der Waals surface area contributed by atoms with Crippen LogP contribution in [0.15, 0.2) is 16.9 Å². The second-order valence-corrected chi connectivity index (χ2v) is 4.23. The van der Waals surface area contributed by atoms with Gasteiger partial charge in [-0.3, -0.25) is 0 Å². The van der Waals surface area contributed by atoms with Crippen LogP contribution in [0.2, 0.25) is 0 Å². The Hall–Kier alpha value is -1.05. The standard InChI is InChI=1S/C9H9BrN4OS/c1-15-4-5-6(10)9(16)14-8(13-5)7-11-2-3-12-7/h2-3H,4H2,1H3,(H,11,12)(H,13,14,16). The molecule has 84 valence electrons. The lowest BCUT2D eigenvalue weighted by Crippen LogP contribution is -2.00. The molecule has 0 aliphatic carbocycles. The van der Waals surface area contributed by atoms with Crippen LogP contribution in [-0.4, -0.2) is 27.0 Å². The fourth-order valence-corrected chi connectivity index (χ4v) is 1.77. The predicted molar refractivity (Wildman–Crippen MR) is 65.4 cm³/mol. The Kier molecular flexibility index (Phi) is 3.47. The van der Waals surface area contributed by atoms with E-state index in [0.717, 1.165) is 10.2 Å². The minimum absolute atomic E-state index is 0.431. The highest BCUT2D eigenvalue weighted by Crippen LogP contribution is 2.19.